The third-order valence-corrected chi connectivity index (χ3v) is 6.46. The number of aliphatic carboxylic acids is 1. The lowest BCUT2D eigenvalue weighted by molar-refractivity contribution is -0.148. The highest BCUT2D eigenvalue weighted by atomic mass is 16.8. The van der Waals surface area contributed by atoms with Crippen LogP contribution in [0, 0.1) is 5.92 Å². The van der Waals surface area contributed by atoms with Crippen molar-refractivity contribution in [1.82, 2.24) is 5.32 Å². The molecule has 0 aromatic heterocycles. The van der Waals surface area contributed by atoms with Gasteiger partial charge >= 0.3 is 24.2 Å². The van der Waals surface area contributed by atoms with E-state index in [1.165, 1.54) is 12.1 Å². The van der Waals surface area contributed by atoms with E-state index in [0.717, 1.165) is 0 Å². The van der Waals surface area contributed by atoms with E-state index in [1.807, 2.05) is 27.7 Å². The summed E-state index contributed by atoms with van der Waals surface area (Å²) in [7, 11) is 0. The van der Waals surface area contributed by atoms with Gasteiger partial charge < -0.3 is 34.1 Å². The minimum atomic E-state index is -1.12. The molecule has 0 saturated carbocycles. The number of esters is 1. The molecular weight excluding hydrogens is 534 g/mol. The van der Waals surface area contributed by atoms with Crippen LogP contribution in [-0.2, 0) is 30.2 Å². The number of ether oxygens (including phenoxy) is 5. The van der Waals surface area contributed by atoms with Crippen molar-refractivity contribution in [3.8, 4) is 11.5 Å². The van der Waals surface area contributed by atoms with Crippen LogP contribution in [0.15, 0.2) is 18.2 Å². The summed E-state index contributed by atoms with van der Waals surface area (Å²) in [6, 6.07) is 3.30. The first-order chi connectivity index (χ1) is 19.0. The molecule has 2 N–H and O–H groups in total. The molecular formula is C30H47NO10. The molecule has 1 aromatic rings. The predicted octanol–water partition coefficient (Wildman–Crippen LogP) is 6.05. The minimum Gasteiger partial charge on any atom is -0.480 e. The van der Waals surface area contributed by atoms with E-state index < -0.39 is 41.6 Å². The van der Waals surface area contributed by atoms with Crippen molar-refractivity contribution in [3.63, 3.8) is 0 Å². The quantitative estimate of drug-likeness (QED) is 0.134. The first-order valence-electron chi connectivity index (χ1n) is 14.1. The molecule has 11 nitrogen and oxygen atoms in total. The standard InChI is InChI=1S/C30H47NO10/c1-10-29(6,7)40-27(35)38-23-14-13-21(17-24(23)39-28(36)41-30(8,9)11-2)16-22(26(33)34)31-18-20(5)37-25(32)15-12-19(3)4/h13-14,17,19-20,22,31H,10-12,15-16,18H2,1-9H3,(H,33,34)/t20?,22-/m0/s1. The molecule has 0 radical (unpaired) electrons. The summed E-state index contributed by atoms with van der Waals surface area (Å²) in [6.45, 7) is 16.4. The summed E-state index contributed by atoms with van der Waals surface area (Å²) in [6.07, 6.45) is -0.477. The van der Waals surface area contributed by atoms with Gasteiger partial charge in [0.1, 0.15) is 23.3 Å². The van der Waals surface area contributed by atoms with Crippen LogP contribution in [0.4, 0.5) is 9.59 Å². The Labute approximate surface area is 243 Å². The fourth-order valence-electron chi connectivity index (χ4n) is 3.18. The van der Waals surface area contributed by atoms with E-state index in [9.17, 15) is 24.3 Å². The minimum absolute atomic E-state index is 0.0111. The number of hydrogen-bond donors (Lipinski definition) is 2. The fourth-order valence-corrected chi connectivity index (χ4v) is 3.18. The van der Waals surface area contributed by atoms with Gasteiger partial charge in [-0.05, 0) is 83.9 Å². The number of nitrogens with one attached hydrogen (secondary N) is 1. The summed E-state index contributed by atoms with van der Waals surface area (Å²) in [5, 5.41) is 12.7. The number of carboxylic acid groups (broad SMARTS) is 1. The van der Waals surface area contributed by atoms with Crippen LogP contribution in [0.1, 0.15) is 93.6 Å². The fraction of sp³-hybridized carbons (Fsp3) is 0.667. The topological polar surface area (TPSA) is 147 Å². The SMILES string of the molecule is CCC(C)(C)OC(=O)Oc1ccc(C[C@H](NCC(C)OC(=O)CCC(C)C)C(=O)O)cc1OC(=O)OC(C)(C)CC. The van der Waals surface area contributed by atoms with Crippen LogP contribution >= 0.6 is 0 Å². The molecule has 0 heterocycles. The second kappa shape index (κ2) is 16.2. The van der Waals surface area contributed by atoms with E-state index in [1.54, 1.807) is 40.7 Å². The molecule has 0 aliphatic carbocycles. The first kappa shape index (κ1) is 35.7. The van der Waals surface area contributed by atoms with Gasteiger partial charge in [0.05, 0.1) is 0 Å². The summed E-state index contributed by atoms with van der Waals surface area (Å²) in [5.41, 5.74) is -1.10. The van der Waals surface area contributed by atoms with Crippen molar-refractivity contribution in [3.05, 3.63) is 23.8 Å². The maximum absolute atomic E-state index is 12.5. The van der Waals surface area contributed by atoms with Crippen molar-refractivity contribution in [2.45, 2.75) is 118 Å². The molecule has 1 rings (SSSR count). The van der Waals surface area contributed by atoms with Gasteiger partial charge in [0, 0.05) is 13.0 Å². The van der Waals surface area contributed by atoms with Gasteiger partial charge in [-0.25, -0.2) is 9.59 Å². The monoisotopic (exact) mass is 581 g/mol. The molecule has 0 aliphatic heterocycles. The van der Waals surface area contributed by atoms with Gasteiger partial charge in [-0.2, -0.15) is 0 Å². The first-order valence-corrected chi connectivity index (χ1v) is 14.1. The van der Waals surface area contributed by atoms with Crippen molar-refractivity contribution in [2.75, 3.05) is 6.54 Å². The molecule has 1 aromatic carbocycles. The highest BCUT2D eigenvalue weighted by Gasteiger charge is 2.27. The second-order valence-corrected chi connectivity index (χ2v) is 11.7. The second-order valence-electron chi connectivity index (χ2n) is 11.7. The zero-order valence-electron chi connectivity index (χ0n) is 25.8. The average Bonchev–Trinajstić information content (AvgIpc) is 2.85. The Morgan fingerprint density at radius 1 is 0.878 bits per heavy atom. The highest BCUT2D eigenvalue weighted by molar-refractivity contribution is 5.74. The number of carbonyl (C=O) groups is 4. The Kier molecular flexibility index (Phi) is 14.1. The molecule has 1 unspecified atom stereocenters. The van der Waals surface area contributed by atoms with Crippen LogP contribution in [0.2, 0.25) is 0 Å². The molecule has 0 bridgehead atoms. The average molecular weight is 582 g/mol. The van der Waals surface area contributed by atoms with E-state index in [4.69, 9.17) is 23.7 Å². The summed E-state index contributed by atoms with van der Waals surface area (Å²) in [5.74, 6) is -1.33. The van der Waals surface area contributed by atoms with Crippen LogP contribution in [0.25, 0.3) is 0 Å². The van der Waals surface area contributed by atoms with Gasteiger partial charge in [-0.15, -0.1) is 0 Å². The Morgan fingerprint density at radius 3 is 1.90 bits per heavy atom. The molecule has 0 aliphatic rings. The zero-order chi connectivity index (χ0) is 31.4. The van der Waals surface area contributed by atoms with Crippen molar-refractivity contribution in [2.24, 2.45) is 5.92 Å². The van der Waals surface area contributed by atoms with E-state index in [-0.39, 0.29) is 30.4 Å². The third-order valence-electron chi connectivity index (χ3n) is 6.46. The molecule has 11 heteroatoms. The zero-order valence-corrected chi connectivity index (χ0v) is 25.8. The summed E-state index contributed by atoms with van der Waals surface area (Å²) >= 11 is 0. The largest absolute Gasteiger partial charge is 0.514 e. The van der Waals surface area contributed by atoms with Gasteiger partial charge in [0.15, 0.2) is 11.5 Å². The Morgan fingerprint density at radius 2 is 1.41 bits per heavy atom. The van der Waals surface area contributed by atoms with Gasteiger partial charge in [-0.3, -0.25) is 9.59 Å². The van der Waals surface area contributed by atoms with Gasteiger partial charge in [0.25, 0.3) is 0 Å². The number of carbonyl (C=O) groups excluding carboxylic acids is 3. The van der Waals surface area contributed by atoms with Crippen molar-refractivity contribution >= 4 is 24.2 Å². The summed E-state index contributed by atoms with van der Waals surface area (Å²) < 4.78 is 26.8. The van der Waals surface area contributed by atoms with E-state index in [2.05, 4.69) is 5.32 Å². The van der Waals surface area contributed by atoms with Crippen molar-refractivity contribution < 1.29 is 48.0 Å². The lowest BCUT2D eigenvalue weighted by Crippen LogP contribution is -2.42. The lowest BCUT2D eigenvalue weighted by atomic mass is 10.0. The van der Waals surface area contributed by atoms with Crippen LogP contribution in [-0.4, -0.2) is 59.2 Å². The van der Waals surface area contributed by atoms with Gasteiger partial charge in [-0.1, -0.05) is 33.8 Å². The molecule has 2 atom stereocenters. The van der Waals surface area contributed by atoms with Crippen LogP contribution < -0.4 is 14.8 Å². The number of carboxylic acids is 1. The Hall–Kier alpha value is -3.34. The molecule has 0 spiro atoms. The van der Waals surface area contributed by atoms with Crippen molar-refractivity contribution in [1.29, 1.82) is 0 Å². The van der Waals surface area contributed by atoms with Crippen LogP contribution in [0.3, 0.4) is 0 Å². The molecule has 41 heavy (non-hydrogen) atoms. The number of rotatable bonds is 16. The third kappa shape index (κ3) is 14.2. The van der Waals surface area contributed by atoms with E-state index >= 15 is 0 Å². The predicted molar refractivity (Wildman–Crippen MR) is 152 cm³/mol. The number of hydrogen-bond acceptors (Lipinski definition) is 10. The lowest BCUT2D eigenvalue weighted by Gasteiger charge is -2.24. The van der Waals surface area contributed by atoms with E-state index in [0.29, 0.717) is 37.2 Å². The molecule has 0 amide bonds. The number of benzene rings is 1. The summed E-state index contributed by atoms with van der Waals surface area (Å²) in [4.78, 5) is 48.9. The maximum atomic E-state index is 12.5. The van der Waals surface area contributed by atoms with Crippen LogP contribution in [0.5, 0.6) is 11.5 Å². The van der Waals surface area contributed by atoms with Gasteiger partial charge in [0.2, 0.25) is 0 Å². The normalized spacial score (nSPS) is 13.2. The highest BCUT2D eigenvalue weighted by Crippen LogP contribution is 2.31. The molecule has 232 valence electrons. The maximum Gasteiger partial charge on any atom is 0.514 e. The Bertz CT molecular complexity index is 1030. The smallest absolute Gasteiger partial charge is 0.480 e. The Balaban J connectivity index is 3.07. The molecule has 0 saturated heterocycles. The molecule has 0 fully saturated rings.